The number of carbonyl (C=O) groups is 1. The Morgan fingerprint density at radius 1 is 1.11 bits per heavy atom. The van der Waals surface area contributed by atoms with Gasteiger partial charge in [-0.1, -0.05) is 30.3 Å². The van der Waals surface area contributed by atoms with Crippen molar-refractivity contribution >= 4 is 28.6 Å². The second kappa shape index (κ2) is 8.71. The predicted molar refractivity (Wildman–Crippen MR) is 107 cm³/mol. The maximum absolute atomic E-state index is 11.9. The quantitative estimate of drug-likeness (QED) is 0.443. The Bertz CT molecular complexity index is 970. The van der Waals surface area contributed by atoms with E-state index in [9.17, 15) is 9.90 Å². The summed E-state index contributed by atoms with van der Waals surface area (Å²) in [5.74, 6) is 0.395. The van der Waals surface area contributed by atoms with Crippen LogP contribution < -0.4 is 15.5 Å². The minimum Gasteiger partial charge on any atom is -0.507 e. The highest BCUT2D eigenvalue weighted by Gasteiger charge is 2.03. The molecule has 3 rings (SSSR count). The van der Waals surface area contributed by atoms with E-state index in [-0.39, 0.29) is 18.2 Å². The van der Waals surface area contributed by atoms with E-state index in [1.54, 1.807) is 12.1 Å². The largest absolute Gasteiger partial charge is 0.507 e. The van der Waals surface area contributed by atoms with Crippen molar-refractivity contribution in [3.05, 3.63) is 66.2 Å². The van der Waals surface area contributed by atoms with E-state index < -0.39 is 0 Å². The predicted octanol–water partition coefficient (Wildman–Crippen LogP) is 3.51. The first-order valence-electron chi connectivity index (χ1n) is 8.66. The number of carbonyl (C=O) groups excluding carboxylic acids is 1. The highest BCUT2D eigenvalue weighted by Crippen LogP contribution is 2.21. The lowest BCUT2D eigenvalue weighted by Gasteiger charge is -2.07. The summed E-state index contributed by atoms with van der Waals surface area (Å²) < 4.78 is 5.38. The van der Waals surface area contributed by atoms with Gasteiger partial charge in [-0.25, -0.2) is 5.43 Å². The molecule has 6 nitrogen and oxygen atoms in total. The summed E-state index contributed by atoms with van der Waals surface area (Å²) in [5, 5.41) is 19.0. The number of benzene rings is 3. The number of anilines is 1. The molecule has 0 unspecified atom stereocenters. The zero-order chi connectivity index (χ0) is 19.1. The number of nitrogens with one attached hydrogen (secondary N) is 2. The molecule has 3 aromatic rings. The van der Waals surface area contributed by atoms with E-state index in [0.29, 0.717) is 17.9 Å². The summed E-state index contributed by atoms with van der Waals surface area (Å²) in [7, 11) is 0. The number of aromatic hydroxyl groups is 1. The van der Waals surface area contributed by atoms with E-state index in [1.165, 1.54) is 12.3 Å². The van der Waals surface area contributed by atoms with Crippen LogP contribution in [0, 0.1) is 0 Å². The average Bonchev–Trinajstić information content (AvgIpc) is 2.69. The third-order valence-electron chi connectivity index (χ3n) is 3.91. The molecular weight excluding hydrogens is 342 g/mol. The van der Waals surface area contributed by atoms with Gasteiger partial charge in [0.05, 0.1) is 19.4 Å². The molecule has 3 N–H and O–H groups in total. The van der Waals surface area contributed by atoms with Crippen molar-refractivity contribution in [3.63, 3.8) is 0 Å². The first kappa shape index (κ1) is 18.3. The summed E-state index contributed by atoms with van der Waals surface area (Å²) in [6.45, 7) is 2.49. The van der Waals surface area contributed by atoms with E-state index in [4.69, 9.17) is 4.74 Å². The maximum Gasteiger partial charge on any atom is 0.259 e. The van der Waals surface area contributed by atoms with Crippen LogP contribution in [0.15, 0.2) is 65.8 Å². The van der Waals surface area contributed by atoms with E-state index >= 15 is 0 Å². The van der Waals surface area contributed by atoms with Crippen molar-refractivity contribution in [1.29, 1.82) is 0 Å². The monoisotopic (exact) mass is 363 g/mol. The number of rotatable bonds is 7. The van der Waals surface area contributed by atoms with Crippen LogP contribution in [0.3, 0.4) is 0 Å². The lowest BCUT2D eigenvalue weighted by Crippen LogP contribution is -2.25. The summed E-state index contributed by atoms with van der Waals surface area (Å²) in [6.07, 6.45) is 1.38. The standard InChI is InChI=1S/C21H21N3O3/c1-2-27-19-9-10-20(25)17(12-19)13-23-24-21(26)14-22-18-8-7-15-5-3-4-6-16(15)11-18/h3-13,22,25H,2,14H2,1H3,(H,24,26). The van der Waals surface area contributed by atoms with Gasteiger partial charge in [0.2, 0.25) is 0 Å². The van der Waals surface area contributed by atoms with Gasteiger partial charge >= 0.3 is 0 Å². The third kappa shape index (κ3) is 4.98. The van der Waals surface area contributed by atoms with E-state index in [2.05, 4.69) is 15.8 Å². The molecule has 0 bridgehead atoms. The van der Waals surface area contributed by atoms with Crippen LogP contribution in [0.25, 0.3) is 10.8 Å². The number of fused-ring (bicyclic) bond motifs is 1. The molecular formula is C21H21N3O3. The summed E-state index contributed by atoms with van der Waals surface area (Å²) in [6, 6.07) is 18.8. The fraction of sp³-hybridized carbons (Fsp3) is 0.143. The summed E-state index contributed by atoms with van der Waals surface area (Å²) in [5.41, 5.74) is 3.75. The van der Waals surface area contributed by atoms with Crippen LogP contribution in [0.4, 0.5) is 5.69 Å². The Labute approximate surface area is 157 Å². The summed E-state index contributed by atoms with van der Waals surface area (Å²) in [4.78, 5) is 11.9. The van der Waals surface area contributed by atoms with Crippen LogP contribution in [-0.4, -0.2) is 30.4 Å². The molecule has 0 aliphatic heterocycles. The maximum atomic E-state index is 11.9. The molecule has 6 heteroatoms. The smallest absolute Gasteiger partial charge is 0.259 e. The van der Waals surface area contributed by atoms with Crippen molar-refractivity contribution in [2.45, 2.75) is 6.92 Å². The molecule has 0 fully saturated rings. The van der Waals surface area contributed by atoms with E-state index in [1.807, 2.05) is 49.4 Å². The average molecular weight is 363 g/mol. The van der Waals surface area contributed by atoms with Crippen LogP contribution in [0.1, 0.15) is 12.5 Å². The Kier molecular flexibility index (Phi) is 5.89. The molecule has 0 saturated heterocycles. The molecule has 27 heavy (non-hydrogen) atoms. The molecule has 0 aliphatic rings. The van der Waals surface area contributed by atoms with Crippen molar-refractivity contribution in [3.8, 4) is 11.5 Å². The first-order chi connectivity index (χ1) is 13.2. The first-order valence-corrected chi connectivity index (χ1v) is 8.66. The van der Waals surface area contributed by atoms with Gasteiger partial charge < -0.3 is 15.2 Å². The van der Waals surface area contributed by atoms with Gasteiger partial charge in [-0.15, -0.1) is 0 Å². The van der Waals surface area contributed by atoms with Crippen molar-refractivity contribution in [1.82, 2.24) is 5.43 Å². The van der Waals surface area contributed by atoms with Gasteiger partial charge in [0.1, 0.15) is 11.5 Å². The molecule has 0 aliphatic carbocycles. The van der Waals surface area contributed by atoms with Gasteiger partial charge in [0, 0.05) is 11.3 Å². The minimum absolute atomic E-state index is 0.0609. The van der Waals surface area contributed by atoms with Gasteiger partial charge in [0.25, 0.3) is 5.91 Å². The SMILES string of the molecule is CCOc1ccc(O)c(C=NNC(=O)CNc2ccc3ccccc3c2)c1. The normalized spacial score (nSPS) is 10.9. The molecule has 0 spiro atoms. The van der Waals surface area contributed by atoms with Crippen LogP contribution in [0.5, 0.6) is 11.5 Å². The topological polar surface area (TPSA) is 83.0 Å². The number of hydrogen-bond donors (Lipinski definition) is 3. The van der Waals surface area contributed by atoms with E-state index in [0.717, 1.165) is 16.5 Å². The lowest BCUT2D eigenvalue weighted by molar-refractivity contribution is -0.119. The number of nitrogens with zero attached hydrogens (tertiary/aromatic N) is 1. The zero-order valence-electron chi connectivity index (χ0n) is 15.0. The van der Waals surface area contributed by atoms with Gasteiger partial charge in [-0.2, -0.15) is 5.10 Å². The molecule has 0 aromatic heterocycles. The van der Waals surface area contributed by atoms with Crippen molar-refractivity contribution in [2.24, 2.45) is 5.10 Å². The third-order valence-corrected chi connectivity index (χ3v) is 3.91. The van der Waals surface area contributed by atoms with Crippen molar-refractivity contribution in [2.75, 3.05) is 18.5 Å². The Balaban J connectivity index is 1.54. The Morgan fingerprint density at radius 2 is 1.93 bits per heavy atom. The second-order valence-corrected chi connectivity index (χ2v) is 5.86. The summed E-state index contributed by atoms with van der Waals surface area (Å²) >= 11 is 0. The Hall–Kier alpha value is -3.54. The molecule has 0 heterocycles. The number of phenolic OH excluding ortho intramolecular Hbond substituents is 1. The molecule has 1 amide bonds. The second-order valence-electron chi connectivity index (χ2n) is 5.86. The number of amides is 1. The molecule has 0 radical (unpaired) electrons. The number of phenols is 1. The van der Waals surface area contributed by atoms with Crippen LogP contribution in [-0.2, 0) is 4.79 Å². The molecule has 0 saturated carbocycles. The minimum atomic E-state index is -0.292. The van der Waals surface area contributed by atoms with Gasteiger partial charge in [-0.05, 0) is 48.0 Å². The number of hydrazone groups is 1. The van der Waals surface area contributed by atoms with Crippen LogP contribution >= 0.6 is 0 Å². The number of ether oxygens (including phenoxy) is 1. The Morgan fingerprint density at radius 3 is 2.74 bits per heavy atom. The fourth-order valence-electron chi connectivity index (χ4n) is 2.59. The lowest BCUT2D eigenvalue weighted by atomic mass is 10.1. The highest BCUT2D eigenvalue weighted by atomic mass is 16.5. The van der Waals surface area contributed by atoms with Gasteiger partial charge in [-0.3, -0.25) is 4.79 Å². The highest BCUT2D eigenvalue weighted by molar-refractivity contribution is 5.88. The van der Waals surface area contributed by atoms with Crippen LogP contribution in [0.2, 0.25) is 0 Å². The molecule has 0 atom stereocenters. The zero-order valence-corrected chi connectivity index (χ0v) is 15.0. The van der Waals surface area contributed by atoms with Crippen molar-refractivity contribution < 1.29 is 14.6 Å². The fourth-order valence-corrected chi connectivity index (χ4v) is 2.59. The number of hydrogen-bond acceptors (Lipinski definition) is 5. The molecule has 3 aromatic carbocycles. The molecule has 138 valence electrons. The van der Waals surface area contributed by atoms with Gasteiger partial charge in [0.15, 0.2) is 0 Å².